The maximum absolute atomic E-state index is 12.1. The number of pyridine rings is 1. The lowest BCUT2D eigenvalue weighted by Crippen LogP contribution is -2.23. The molecule has 0 aliphatic rings. The lowest BCUT2D eigenvalue weighted by molar-refractivity contribution is 0.0950. The highest BCUT2D eigenvalue weighted by Gasteiger charge is 2.07. The lowest BCUT2D eigenvalue weighted by Gasteiger charge is -2.05. The second kappa shape index (κ2) is 5.44. The van der Waals surface area contributed by atoms with Crippen LogP contribution in [0, 0.1) is 0 Å². The fourth-order valence-corrected chi connectivity index (χ4v) is 1.88. The summed E-state index contributed by atoms with van der Waals surface area (Å²) in [6.45, 7) is 0.401. The van der Waals surface area contributed by atoms with E-state index >= 15 is 0 Å². The highest BCUT2D eigenvalue weighted by molar-refractivity contribution is 5.97. The van der Waals surface area contributed by atoms with E-state index < -0.39 is 0 Å². The second-order valence-electron chi connectivity index (χ2n) is 4.26. The molecular weight excluding hydrogens is 252 g/mol. The molecule has 0 unspecified atom stereocenters. The Kier molecular flexibility index (Phi) is 3.33. The minimum Gasteiger partial charge on any atom is -0.346 e. The first-order valence-corrected chi connectivity index (χ1v) is 6.22. The number of hydrogen-bond donors (Lipinski definition) is 1. The van der Waals surface area contributed by atoms with Crippen molar-refractivity contribution in [1.82, 2.24) is 20.3 Å². The van der Waals surface area contributed by atoms with E-state index in [1.54, 1.807) is 36.8 Å². The van der Waals surface area contributed by atoms with Crippen molar-refractivity contribution in [2.24, 2.45) is 0 Å². The number of rotatable bonds is 3. The molecule has 5 heteroatoms. The number of amides is 1. The van der Waals surface area contributed by atoms with Gasteiger partial charge in [0.05, 0.1) is 23.3 Å². The Bertz CT molecular complexity index is 743. The molecule has 0 fully saturated rings. The predicted octanol–water partition coefficient (Wildman–Crippen LogP) is 1.95. The molecule has 0 saturated heterocycles. The summed E-state index contributed by atoms with van der Waals surface area (Å²) in [5.74, 6) is -0.150. The van der Waals surface area contributed by atoms with E-state index in [1.807, 2.05) is 18.2 Å². The first-order chi connectivity index (χ1) is 9.83. The Balaban J connectivity index is 1.75. The summed E-state index contributed by atoms with van der Waals surface area (Å²) < 4.78 is 0. The van der Waals surface area contributed by atoms with Crippen LogP contribution >= 0.6 is 0 Å². The van der Waals surface area contributed by atoms with E-state index in [-0.39, 0.29) is 5.91 Å². The number of aromatic nitrogens is 3. The molecule has 0 atom stereocenters. The van der Waals surface area contributed by atoms with Gasteiger partial charge in [0, 0.05) is 24.2 Å². The van der Waals surface area contributed by atoms with Gasteiger partial charge in [0.15, 0.2) is 0 Å². The first kappa shape index (κ1) is 12.2. The van der Waals surface area contributed by atoms with Crippen LogP contribution in [-0.4, -0.2) is 20.9 Å². The van der Waals surface area contributed by atoms with Crippen molar-refractivity contribution in [3.8, 4) is 0 Å². The Labute approximate surface area is 115 Å². The molecule has 0 bridgehead atoms. The smallest absolute Gasteiger partial charge is 0.251 e. The molecule has 1 amide bonds. The van der Waals surface area contributed by atoms with Gasteiger partial charge in [-0.25, -0.2) is 0 Å². The van der Waals surface area contributed by atoms with E-state index in [4.69, 9.17) is 0 Å². The third kappa shape index (κ3) is 2.61. The number of nitrogens with zero attached hydrogens (tertiary/aromatic N) is 3. The molecule has 3 aromatic rings. The molecule has 2 heterocycles. The zero-order valence-corrected chi connectivity index (χ0v) is 10.7. The van der Waals surface area contributed by atoms with Gasteiger partial charge in [0.1, 0.15) is 0 Å². The van der Waals surface area contributed by atoms with Crippen molar-refractivity contribution >= 4 is 16.9 Å². The monoisotopic (exact) mass is 264 g/mol. The van der Waals surface area contributed by atoms with E-state index in [1.165, 1.54) is 0 Å². The Morgan fingerprint density at radius 3 is 2.60 bits per heavy atom. The summed E-state index contributed by atoms with van der Waals surface area (Å²) in [7, 11) is 0. The van der Waals surface area contributed by atoms with E-state index in [0.717, 1.165) is 11.2 Å². The molecule has 1 aromatic carbocycles. The maximum Gasteiger partial charge on any atom is 0.251 e. The molecule has 98 valence electrons. The Morgan fingerprint density at radius 1 is 0.950 bits per heavy atom. The van der Waals surface area contributed by atoms with Gasteiger partial charge in [-0.2, -0.15) is 0 Å². The number of hydrogen-bond acceptors (Lipinski definition) is 4. The standard InChI is InChI=1S/C15H12N4O/c20-15(19-10-12-3-1-2-6-16-12)11-4-5-13-14(9-11)18-8-7-17-13/h1-9H,10H2,(H,19,20). The summed E-state index contributed by atoms with van der Waals surface area (Å²) in [5.41, 5.74) is 2.86. The van der Waals surface area contributed by atoms with Gasteiger partial charge >= 0.3 is 0 Å². The van der Waals surface area contributed by atoms with Crippen LogP contribution in [0.5, 0.6) is 0 Å². The zero-order chi connectivity index (χ0) is 13.8. The Morgan fingerprint density at radius 2 is 1.80 bits per heavy atom. The van der Waals surface area contributed by atoms with Crippen molar-refractivity contribution in [2.75, 3.05) is 0 Å². The van der Waals surface area contributed by atoms with Crippen LogP contribution in [0.1, 0.15) is 16.1 Å². The third-order valence-electron chi connectivity index (χ3n) is 2.89. The van der Waals surface area contributed by atoms with Crippen LogP contribution < -0.4 is 5.32 Å². The van der Waals surface area contributed by atoms with E-state index in [9.17, 15) is 4.79 Å². The zero-order valence-electron chi connectivity index (χ0n) is 10.7. The maximum atomic E-state index is 12.1. The summed E-state index contributed by atoms with van der Waals surface area (Å²) >= 11 is 0. The van der Waals surface area contributed by atoms with Crippen molar-refractivity contribution in [3.63, 3.8) is 0 Å². The summed E-state index contributed by atoms with van der Waals surface area (Å²) in [4.78, 5) is 24.6. The molecule has 3 rings (SSSR count). The van der Waals surface area contributed by atoms with Crippen LogP contribution in [-0.2, 0) is 6.54 Å². The molecule has 0 radical (unpaired) electrons. The van der Waals surface area contributed by atoms with Gasteiger partial charge in [-0.1, -0.05) is 6.07 Å². The fraction of sp³-hybridized carbons (Fsp3) is 0.0667. The molecule has 0 saturated carbocycles. The lowest BCUT2D eigenvalue weighted by atomic mass is 10.2. The van der Waals surface area contributed by atoms with Gasteiger partial charge in [0.2, 0.25) is 0 Å². The molecule has 2 aromatic heterocycles. The van der Waals surface area contributed by atoms with Crippen molar-refractivity contribution in [3.05, 3.63) is 66.2 Å². The van der Waals surface area contributed by atoms with Crippen LogP contribution in [0.2, 0.25) is 0 Å². The highest BCUT2D eigenvalue weighted by Crippen LogP contribution is 2.10. The molecule has 0 aliphatic heterocycles. The number of nitrogens with one attached hydrogen (secondary N) is 1. The first-order valence-electron chi connectivity index (χ1n) is 6.22. The average molecular weight is 264 g/mol. The van der Waals surface area contributed by atoms with Crippen molar-refractivity contribution in [1.29, 1.82) is 0 Å². The van der Waals surface area contributed by atoms with E-state index in [2.05, 4.69) is 20.3 Å². The topological polar surface area (TPSA) is 67.8 Å². The molecular formula is C15H12N4O. The molecule has 1 N–H and O–H groups in total. The summed E-state index contributed by atoms with van der Waals surface area (Å²) in [6.07, 6.45) is 4.94. The SMILES string of the molecule is O=C(NCc1ccccn1)c1ccc2nccnc2c1. The largest absolute Gasteiger partial charge is 0.346 e. The van der Waals surface area contributed by atoms with Gasteiger partial charge < -0.3 is 5.32 Å². The van der Waals surface area contributed by atoms with Crippen molar-refractivity contribution < 1.29 is 4.79 Å². The van der Waals surface area contributed by atoms with Crippen LogP contribution in [0.25, 0.3) is 11.0 Å². The molecule has 5 nitrogen and oxygen atoms in total. The second-order valence-corrected chi connectivity index (χ2v) is 4.26. The van der Waals surface area contributed by atoms with Gasteiger partial charge in [-0.05, 0) is 30.3 Å². The quantitative estimate of drug-likeness (QED) is 0.785. The van der Waals surface area contributed by atoms with Gasteiger partial charge in [-0.3, -0.25) is 19.7 Å². The van der Waals surface area contributed by atoms with Crippen LogP contribution in [0.3, 0.4) is 0 Å². The molecule has 0 spiro atoms. The molecule has 0 aliphatic carbocycles. The Hall–Kier alpha value is -2.82. The average Bonchev–Trinajstić information content (AvgIpc) is 2.53. The minimum absolute atomic E-state index is 0.150. The minimum atomic E-state index is -0.150. The molecule has 20 heavy (non-hydrogen) atoms. The highest BCUT2D eigenvalue weighted by atomic mass is 16.1. The summed E-state index contributed by atoms with van der Waals surface area (Å²) in [6, 6.07) is 10.9. The van der Waals surface area contributed by atoms with Gasteiger partial charge in [0.25, 0.3) is 5.91 Å². The number of carbonyl (C=O) groups is 1. The number of carbonyl (C=O) groups excluding carboxylic acids is 1. The summed E-state index contributed by atoms with van der Waals surface area (Å²) in [5, 5.41) is 2.83. The normalized spacial score (nSPS) is 10.4. The van der Waals surface area contributed by atoms with Crippen LogP contribution in [0.4, 0.5) is 0 Å². The third-order valence-corrected chi connectivity index (χ3v) is 2.89. The van der Waals surface area contributed by atoms with Gasteiger partial charge in [-0.15, -0.1) is 0 Å². The number of benzene rings is 1. The predicted molar refractivity (Wildman–Crippen MR) is 74.9 cm³/mol. The van der Waals surface area contributed by atoms with E-state index in [0.29, 0.717) is 17.6 Å². The van der Waals surface area contributed by atoms with Crippen molar-refractivity contribution in [2.45, 2.75) is 6.54 Å². The van der Waals surface area contributed by atoms with Crippen LogP contribution in [0.15, 0.2) is 55.0 Å². The fourth-order valence-electron chi connectivity index (χ4n) is 1.88. The number of fused-ring (bicyclic) bond motifs is 1.